The first-order chi connectivity index (χ1) is 10.5. The summed E-state index contributed by atoms with van der Waals surface area (Å²) in [7, 11) is 0. The third-order valence-electron chi connectivity index (χ3n) is 4.42. The summed E-state index contributed by atoms with van der Waals surface area (Å²) in [5.74, 6) is -0.138. The van der Waals surface area contributed by atoms with Gasteiger partial charge in [-0.1, -0.05) is 13.0 Å². The Balaban J connectivity index is 1.91. The van der Waals surface area contributed by atoms with Crippen LogP contribution in [0.1, 0.15) is 20.3 Å². The maximum atomic E-state index is 12.1. The van der Waals surface area contributed by atoms with Crippen molar-refractivity contribution < 1.29 is 9.53 Å². The van der Waals surface area contributed by atoms with Gasteiger partial charge >= 0.3 is 0 Å². The Hall–Kier alpha value is -1.66. The number of carbonyl (C=O) groups is 1. The molecule has 122 valence electrons. The molecule has 1 N–H and O–H groups in total. The van der Waals surface area contributed by atoms with Crippen LogP contribution in [0.4, 0.5) is 0 Å². The van der Waals surface area contributed by atoms with Gasteiger partial charge in [0.2, 0.25) is 5.91 Å². The summed E-state index contributed by atoms with van der Waals surface area (Å²) in [6.45, 7) is 8.17. The molecule has 1 aromatic heterocycles. The molecule has 1 saturated heterocycles. The molecule has 1 atom stereocenters. The van der Waals surface area contributed by atoms with Crippen molar-refractivity contribution in [2.45, 2.75) is 32.4 Å². The van der Waals surface area contributed by atoms with E-state index < -0.39 is 0 Å². The van der Waals surface area contributed by atoms with Gasteiger partial charge in [-0.25, -0.2) is 0 Å². The molecule has 0 unspecified atom stereocenters. The van der Waals surface area contributed by atoms with Crippen molar-refractivity contribution in [1.29, 1.82) is 0 Å². The highest BCUT2D eigenvalue weighted by Gasteiger charge is 2.31. The van der Waals surface area contributed by atoms with Crippen LogP contribution in [0.25, 0.3) is 0 Å². The largest absolute Gasteiger partial charge is 0.379 e. The average Bonchev–Trinajstić information content (AvgIpc) is 2.55. The predicted molar refractivity (Wildman–Crippen MR) is 84.8 cm³/mol. The molecule has 0 aromatic carbocycles. The molecule has 1 amide bonds. The zero-order chi connectivity index (χ0) is 16.0. The smallest absolute Gasteiger partial charge is 0.250 e. The molecule has 0 aliphatic carbocycles. The molecule has 22 heavy (non-hydrogen) atoms. The molecule has 6 heteroatoms. The molecule has 0 radical (unpaired) electrons. The molecular formula is C16H25N3O3. The minimum atomic E-state index is -0.163. The number of hydrogen-bond acceptors (Lipinski definition) is 4. The Labute approximate surface area is 131 Å². The fraction of sp³-hybridized carbons (Fsp3) is 0.625. The fourth-order valence-electron chi connectivity index (χ4n) is 2.65. The van der Waals surface area contributed by atoms with Crippen LogP contribution >= 0.6 is 0 Å². The number of rotatable bonds is 6. The molecule has 0 bridgehead atoms. The van der Waals surface area contributed by atoms with Gasteiger partial charge in [0.05, 0.1) is 13.2 Å². The van der Waals surface area contributed by atoms with Crippen LogP contribution in [0.5, 0.6) is 0 Å². The summed E-state index contributed by atoms with van der Waals surface area (Å²) >= 11 is 0. The Morgan fingerprint density at radius 2 is 2.09 bits per heavy atom. The lowest BCUT2D eigenvalue weighted by Crippen LogP contribution is -2.57. The van der Waals surface area contributed by atoms with Gasteiger partial charge in [-0.05, 0) is 19.4 Å². The Kier molecular flexibility index (Phi) is 5.74. The Morgan fingerprint density at radius 3 is 2.73 bits per heavy atom. The van der Waals surface area contributed by atoms with E-state index in [-0.39, 0.29) is 23.6 Å². The van der Waals surface area contributed by atoms with E-state index in [0.29, 0.717) is 6.54 Å². The van der Waals surface area contributed by atoms with E-state index in [0.717, 1.165) is 32.7 Å². The number of morpholine rings is 1. The molecule has 6 nitrogen and oxygen atoms in total. The number of amides is 1. The molecule has 1 aliphatic heterocycles. The van der Waals surface area contributed by atoms with Gasteiger partial charge in [0.25, 0.3) is 5.56 Å². The maximum absolute atomic E-state index is 12.1. The van der Waals surface area contributed by atoms with Gasteiger partial charge in [-0.15, -0.1) is 0 Å². The number of nitrogens with one attached hydrogen (secondary N) is 1. The second kappa shape index (κ2) is 7.56. The second-order valence-electron chi connectivity index (χ2n) is 5.89. The molecule has 0 spiro atoms. The van der Waals surface area contributed by atoms with E-state index in [1.807, 2.05) is 0 Å². The molecule has 0 saturated carbocycles. The van der Waals surface area contributed by atoms with E-state index in [1.165, 1.54) is 10.6 Å². The van der Waals surface area contributed by atoms with Crippen molar-refractivity contribution in [2.24, 2.45) is 0 Å². The molecule has 2 heterocycles. The first kappa shape index (κ1) is 16.7. The lowest BCUT2D eigenvalue weighted by Gasteiger charge is -2.43. The van der Waals surface area contributed by atoms with Crippen molar-refractivity contribution in [3.8, 4) is 0 Å². The van der Waals surface area contributed by atoms with E-state index >= 15 is 0 Å². The lowest BCUT2D eigenvalue weighted by atomic mass is 9.95. The van der Waals surface area contributed by atoms with Gasteiger partial charge in [0.15, 0.2) is 0 Å². The summed E-state index contributed by atoms with van der Waals surface area (Å²) < 4.78 is 6.80. The third kappa shape index (κ3) is 4.18. The van der Waals surface area contributed by atoms with Crippen molar-refractivity contribution in [2.75, 3.05) is 32.8 Å². The number of pyridine rings is 1. The summed E-state index contributed by atoms with van der Waals surface area (Å²) in [5, 5.41) is 2.97. The maximum Gasteiger partial charge on any atom is 0.250 e. The van der Waals surface area contributed by atoms with Gasteiger partial charge in [-0.3, -0.25) is 14.5 Å². The van der Waals surface area contributed by atoms with Gasteiger partial charge in [0, 0.05) is 37.4 Å². The minimum Gasteiger partial charge on any atom is -0.379 e. The fourth-order valence-corrected chi connectivity index (χ4v) is 2.65. The highest BCUT2D eigenvalue weighted by atomic mass is 16.5. The first-order valence-corrected chi connectivity index (χ1v) is 7.80. The molecule has 1 aromatic rings. The minimum absolute atomic E-state index is 0.0581. The number of carbonyl (C=O) groups excluding carboxylic acids is 1. The third-order valence-corrected chi connectivity index (χ3v) is 4.42. The standard InChI is InChI=1S/C16H25N3O3/c1-3-16(2,19-8-10-22-11-9-19)13-17-14(20)12-18-7-5-4-6-15(18)21/h4-7H,3,8-13H2,1-2H3,(H,17,20)/t16-/m0/s1. The predicted octanol–water partition coefficient (Wildman–Crippen LogP) is 0.465. The molecule has 1 aliphatic rings. The number of nitrogens with zero attached hydrogens (tertiary/aromatic N) is 2. The van der Waals surface area contributed by atoms with Gasteiger partial charge < -0.3 is 14.6 Å². The monoisotopic (exact) mass is 307 g/mol. The van der Waals surface area contributed by atoms with Crippen LogP contribution < -0.4 is 10.9 Å². The van der Waals surface area contributed by atoms with Crippen LogP contribution in [0.15, 0.2) is 29.2 Å². The number of ether oxygens (including phenoxy) is 1. The first-order valence-electron chi connectivity index (χ1n) is 7.80. The Bertz CT molecular complexity index is 552. The topological polar surface area (TPSA) is 63.6 Å². The van der Waals surface area contributed by atoms with E-state index in [9.17, 15) is 9.59 Å². The number of hydrogen-bond donors (Lipinski definition) is 1. The van der Waals surface area contributed by atoms with Crippen LogP contribution in [0.2, 0.25) is 0 Å². The highest BCUT2D eigenvalue weighted by Crippen LogP contribution is 2.19. The zero-order valence-corrected chi connectivity index (χ0v) is 13.4. The van der Waals surface area contributed by atoms with Crippen LogP contribution in [0, 0.1) is 0 Å². The van der Waals surface area contributed by atoms with Gasteiger partial charge in [0.1, 0.15) is 6.54 Å². The van der Waals surface area contributed by atoms with Crippen LogP contribution in [0.3, 0.4) is 0 Å². The van der Waals surface area contributed by atoms with Crippen molar-refractivity contribution >= 4 is 5.91 Å². The molecular weight excluding hydrogens is 282 g/mol. The summed E-state index contributed by atoms with van der Waals surface area (Å²) in [4.78, 5) is 26.1. The summed E-state index contributed by atoms with van der Waals surface area (Å²) in [6.07, 6.45) is 2.57. The SMILES string of the molecule is CC[C@@](C)(CNC(=O)Cn1ccccc1=O)N1CCOCC1. The van der Waals surface area contributed by atoms with Crippen molar-refractivity contribution in [3.63, 3.8) is 0 Å². The average molecular weight is 307 g/mol. The Morgan fingerprint density at radius 1 is 1.36 bits per heavy atom. The highest BCUT2D eigenvalue weighted by molar-refractivity contribution is 5.75. The van der Waals surface area contributed by atoms with Gasteiger partial charge in [-0.2, -0.15) is 0 Å². The lowest BCUT2D eigenvalue weighted by molar-refractivity contribution is -0.122. The molecule has 2 rings (SSSR count). The van der Waals surface area contributed by atoms with Crippen LogP contribution in [-0.2, 0) is 16.1 Å². The summed E-state index contributed by atoms with van der Waals surface area (Å²) in [6, 6.07) is 4.87. The van der Waals surface area contributed by atoms with Crippen molar-refractivity contribution in [1.82, 2.24) is 14.8 Å². The molecule has 1 fully saturated rings. The van der Waals surface area contributed by atoms with Crippen LogP contribution in [-0.4, -0.2) is 53.8 Å². The normalized spacial score (nSPS) is 18.6. The number of aromatic nitrogens is 1. The van der Waals surface area contributed by atoms with E-state index in [4.69, 9.17) is 4.74 Å². The second-order valence-corrected chi connectivity index (χ2v) is 5.89. The van der Waals surface area contributed by atoms with E-state index in [2.05, 4.69) is 24.1 Å². The zero-order valence-electron chi connectivity index (χ0n) is 13.4. The quantitative estimate of drug-likeness (QED) is 0.829. The van der Waals surface area contributed by atoms with Crippen molar-refractivity contribution in [3.05, 3.63) is 34.7 Å². The van der Waals surface area contributed by atoms with E-state index in [1.54, 1.807) is 18.3 Å². The summed E-state index contributed by atoms with van der Waals surface area (Å²) in [5.41, 5.74) is -0.245.